The van der Waals surface area contributed by atoms with E-state index in [1.54, 1.807) is 11.8 Å². The molecular weight excluding hydrogens is 281 g/mol. The van der Waals surface area contributed by atoms with Gasteiger partial charge in [0, 0.05) is 10.8 Å². The lowest BCUT2D eigenvalue weighted by Crippen LogP contribution is -1.96. The van der Waals surface area contributed by atoms with Crippen LogP contribution in [0.15, 0.2) is 33.6 Å². The summed E-state index contributed by atoms with van der Waals surface area (Å²) in [6.45, 7) is 0. The minimum Gasteiger partial charge on any atom is -0.381 e. The normalized spacial score (nSPS) is 10.7. The molecule has 0 aliphatic carbocycles. The third kappa shape index (κ3) is 3.31. The van der Waals surface area contributed by atoms with Crippen molar-refractivity contribution >= 4 is 35.0 Å². The van der Waals surface area contributed by atoms with Crippen LogP contribution in [0.1, 0.15) is 11.3 Å². The number of nitrogens with one attached hydrogen (secondary N) is 1. The van der Waals surface area contributed by atoms with Crippen molar-refractivity contribution in [2.75, 3.05) is 0 Å². The molecular formula is C11H9Cl2NO2S. The molecule has 0 bridgehead atoms. The monoisotopic (exact) mass is 289 g/mol. The van der Waals surface area contributed by atoms with E-state index in [1.807, 2.05) is 24.3 Å². The van der Waals surface area contributed by atoms with Crippen molar-refractivity contribution in [3.63, 3.8) is 0 Å². The first kappa shape index (κ1) is 12.6. The average molecular weight is 290 g/mol. The molecule has 3 nitrogen and oxygen atoms in total. The van der Waals surface area contributed by atoms with Gasteiger partial charge in [0.25, 0.3) is 5.56 Å². The molecule has 2 rings (SSSR count). The lowest BCUT2D eigenvalue weighted by molar-refractivity contribution is 0.390. The van der Waals surface area contributed by atoms with E-state index in [0.717, 1.165) is 16.3 Å². The second-order valence-corrected chi connectivity index (χ2v) is 5.19. The maximum atomic E-state index is 11.0. The Kier molecular flexibility index (Phi) is 4.20. The number of aromatic amines is 1. The van der Waals surface area contributed by atoms with Crippen LogP contribution in [0.4, 0.5) is 0 Å². The number of aromatic nitrogens is 1. The Balaban J connectivity index is 1.90. The van der Waals surface area contributed by atoms with Gasteiger partial charge in [-0.1, -0.05) is 35.3 Å². The predicted molar refractivity (Wildman–Crippen MR) is 70.8 cm³/mol. The number of benzene rings is 1. The molecule has 0 aliphatic rings. The van der Waals surface area contributed by atoms with Gasteiger partial charge in [0.2, 0.25) is 0 Å². The molecule has 1 aromatic carbocycles. The van der Waals surface area contributed by atoms with Crippen molar-refractivity contribution in [2.45, 2.75) is 11.5 Å². The van der Waals surface area contributed by atoms with Gasteiger partial charge in [-0.05, 0) is 17.7 Å². The molecule has 0 spiro atoms. The molecule has 17 heavy (non-hydrogen) atoms. The number of hydrogen-bond acceptors (Lipinski definition) is 3. The van der Waals surface area contributed by atoms with Crippen LogP contribution in [0.25, 0.3) is 0 Å². The summed E-state index contributed by atoms with van der Waals surface area (Å²) >= 11 is 13.1. The van der Waals surface area contributed by atoms with Gasteiger partial charge in [-0.3, -0.25) is 4.79 Å². The van der Waals surface area contributed by atoms with Gasteiger partial charge in [0.15, 0.2) is 10.8 Å². The molecule has 0 atom stereocenters. The lowest BCUT2D eigenvalue weighted by atomic mass is 10.2. The highest BCUT2D eigenvalue weighted by molar-refractivity contribution is 7.97. The molecule has 90 valence electrons. The van der Waals surface area contributed by atoms with E-state index in [9.17, 15) is 4.79 Å². The van der Waals surface area contributed by atoms with Gasteiger partial charge in [-0.2, -0.15) is 5.16 Å². The maximum Gasteiger partial charge on any atom is 0.298 e. The molecule has 0 saturated heterocycles. The highest BCUT2D eigenvalue weighted by Crippen LogP contribution is 2.21. The molecule has 1 heterocycles. The van der Waals surface area contributed by atoms with E-state index >= 15 is 0 Å². The van der Waals surface area contributed by atoms with E-state index < -0.39 is 0 Å². The van der Waals surface area contributed by atoms with E-state index in [-0.39, 0.29) is 10.6 Å². The standard InChI is InChI=1S/C11H9Cl2NO2S/c12-8-3-1-7(2-4-8)5-17-6-9-10(13)11(15)14-16-9/h1-4H,5-6H2,(H,14,15). The highest BCUT2D eigenvalue weighted by Gasteiger charge is 2.09. The van der Waals surface area contributed by atoms with Crippen molar-refractivity contribution in [3.05, 3.63) is 56.0 Å². The molecule has 0 fully saturated rings. The molecule has 0 amide bonds. The Labute approximate surface area is 112 Å². The number of halogens is 2. The van der Waals surface area contributed by atoms with Gasteiger partial charge in [-0.25, -0.2) is 0 Å². The van der Waals surface area contributed by atoms with Crippen molar-refractivity contribution in [1.82, 2.24) is 5.16 Å². The van der Waals surface area contributed by atoms with Gasteiger partial charge < -0.3 is 4.52 Å². The number of thioether (sulfide) groups is 1. The van der Waals surface area contributed by atoms with Gasteiger partial charge in [0.1, 0.15) is 0 Å². The molecule has 6 heteroatoms. The Morgan fingerprint density at radius 3 is 2.47 bits per heavy atom. The summed E-state index contributed by atoms with van der Waals surface area (Å²) < 4.78 is 4.94. The van der Waals surface area contributed by atoms with E-state index in [1.165, 1.54) is 0 Å². The van der Waals surface area contributed by atoms with Gasteiger partial charge in [0.05, 0.1) is 5.75 Å². The van der Waals surface area contributed by atoms with Crippen LogP contribution in [0.5, 0.6) is 0 Å². The fourth-order valence-electron chi connectivity index (χ4n) is 1.26. The summed E-state index contributed by atoms with van der Waals surface area (Å²) in [7, 11) is 0. The van der Waals surface area contributed by atoms with Crippen molar-refractivity contribution in [1.29, 1.82) is 0 Å². The molecule has 2 aromatic rings. The zero-order valence-corrected chi connectivity index (χ0v) is 11.0. The van der Waals surface area contributed by atoms with Crippen LogP contribution in [0, 0.1) is 0 Å². The van der Waals surface area contributed by atoms with E-state index in [2.05, 4.69) is 5.16 Å². The predicted octanol–water partition coefficient (Wildman–Crippen LogP) is 3.71. The molecule has 0 saturated carbocycles. The molecule has 1 N–H and O–H groups in total. The first-order valence-corrected chi connectivity index (χ1v) is 6.76. The summed E-state index contributed by atoms with van der Waals surface area (Å²) in [5.41, 5.74) is 0.780. The Hall–Kier alpha value is -0.840. The van der Waals surface area contributed by atoms with Crippen LogP contribution in [0.3, 0.4) is 0 Å². The zero-order chi connectivity index (χ0) is 12.3. The van der Waals surface area contributed by atoms with Crippen LogP contribution in [0.2, 0.25) is 10.0 Å². The first-order valence-electron chi connectivity index (χ1n) is 4.85. The second-order valence-electron chi connectivity index (χ2n) is 3.39. The number of H-pyrrole nitrogens is 1. The summed E-state index contributed by atoms with van der Waals surface area (Å²) in [4.78, 5) is 11.0. The maximum absolute atomic E-state index is 11.0. The fraction of sp³-hybridized carbons (Fsp3) is 0.182. The van der Waals surface area contributed by atoms with Gasteiger partial charge in [-0.15, -0.1) is 11.8 Å². The third-order valence-electron chi connectivity index (χ3n) is 2.13. The fourth-order valence-corrected chi connectivity index (χ4v) is 2.53. The molecule has 0 unspecified atom stereocenters. The van der Waals surface area contributed by atoms with Crippen LogP contribution in [-0.4, -0.2) is 5.16 Å². The Morgan fingerprint density at radius 2 is 1.88 bits per heavy atom. The van der Waals surface area contributed by atoms with E-state index in [4.69, 9.17) is 27.7 Å². The zero-order valence-electron chi connectivity index (χ0n) is 8.70. The topological polar surface area (TPSA) is 46.0 Å². The van der Waals surface area contributed by atoms with Crippen molar-refractivity contribution in [2.24, 2.45) is 0 Å². The first-order chi connectivity index (χ1) is 8.16. The lowest BCUT2D eigenvalue weighted by Gasteiger charge is -2.00. The Morgan fingerprint density at radius 1 is 1.18 bits per heavy atom. The van der Waals surface area contributed by atoms with Crippen molar-refractivity contribution < 1.29 is 4.52 Å². The van der Waals surface area contributed by atoms with Gasteiger partial charge >= 0.3 is 0 Å². The van der Waals surface area contributed by atoms with E-state index in [0.29, 0.717) is 11.5 Å². The van der Waals surface area contributed by atoms with Crippen LogP contribution >= 0.6 is 35.0 Å². The summed E-state index contributed by atoms with van der Waals surface area (Å²) in [6, 6.07) is 7.62. The summed E-state index contributed by atoms with van der Waals surface area (Å²) in [5.74, 6) is 1.85. The SMILES string of the molecule is O=c1[nH]oc(CSCc2ccc(Cl)cc2)c1Cl. The number of hydrogen-bond donors (Lipinski definition) is 1. The minimum atomic E-state index is -0.381. The van der Waals surface area contributed by atoms with Crippen LogP contribution < -0.4 is 5.56 Å². The second kappa shape index (κ2) is 5.67. The Bertz CT molecular complexity index is 547. The highest BCUT2D eigenvalue weighted by atomic mass is 35.5. The molecule has 0 radical (unpaired) electrons. The minimum absolute atomic E-state index is 0.133. The average Bonchev–Trinajstić information content (AvgIpc) is 2.64. The summed E-state index contributed by atoms with van der Waals surface area (Å²) in [5, 5.41) is 3.05. The van der Waals surface area contributed by atoms with Crippen molar-refractivity contribution in [3.8, 4) is 0 Å². The number of rotatable bonds is 4. The quantitative estimate of drug-likeness (QED) is 0.933. The van der Waals surface area contributed by atoms with Crippen LogP contribution in [-0.2, 0) is 11.5 Å². The third-order valence-corrected chi connectivity index (χ3v) is 3.76. The summed E-state index contributed by atoms with van der Waals surface area (Å²) in [6.07, 6.45) is 0. The molecule has 1 aromatic heterocycles. The smallest absolute Gasteiger partial charge is 0.298 e. The molecule has 0 aliphatic heterocycles. The largest absolute Gasteiger partial charge is 0.381 e.